The van der Waals surface area contributed by atoms with Gasteiger partial charge in [-0.3, -0.25) is 0 Å². The summed E-state index contributed by atoms with van der Waals surface area (Å²) in [6.07, 6.45) is 0. The highest BCUT2D eigenvalue weighted by Crippen LogP contribution is 2.38. The topological polar surface area (TPSA) is 29.5 Å². The Hall–Kier alpha value is 0.370. The zero-order chi connectivity index (χ0) is 11.7. The smallest absolute Gasteiger partial charge is 0.303 e. The number of hydrogen-bond donors (Lipinski definition) is 0. The fraction of sp³-hybridized carbons (Fsp3) is 1.00. The van der Waals surface area contributed by atoms with Crippen LogP contribution in [0.25, 0.3) is 0 Å². The predicted octanol–water partition coefficient (Wildman–Crippen LogP) is 3.39. The van der Waals surface area contributed by atoms with E-state index in [1.807, 2.05) is 0 Å². The van der Waals surface area contributed by atoms with E-state index in [1.165, 1.54) is 11.4 Å². The van der Waals surface area contributed by atoms with Gasteiger partial charge < -0.3 is 4.90 Å². The van der Waals surface area contributed by atoms with Gasteiger partial charge in [0, 0.05) is 6.54 Å². The van der Waals surface area contributed by atoms with Gasteiger partial charge >= 0.3 is 7.23 Å². The van der Waals surface area contributed by atoms with Crippen LogP contribution in [0.4, 0.5) is 0 Å². The molecule has 90 valence electrons. The molecule has 0 fully saturated rings. The van der Waals surface area contributed by atoms with Gasteiger partial charge in [-0.1, -0.05) is 27.7 Å². The molecule has 5 heteroatoms. The third-order valence-electron chi connectivity index (χ3n) is 2.01. The first-order valence-corrected chi connectivity index (χ1v) is 8.32. The molecule has 0 aliphatic rings. The fourth-order valence-corrected chi connectivity index (χ4v) is 3.11. The van der Waals surface area contributed by atoms with Gasteiger partial charge in [0.25, 0.3) is 0 Å². The summed E-state index contributed by atoms with van der Waals surface area (Å²) in [7, 11) is -1.51. The van der Waals surface area contributed by atoms with Crippen LogP contribution in [-0.4, -0.2) is 36.9 Å². The molecule has 0 aliphatic heterocycles. The fourth-order valence-electron chi connectivity index (χ4n) is 1.03. The second-order valence-electron chi connectivity index (χ2n) is 3.77. The van der Waals surface area contributed by atoms with Crippen molar-refractivity contribution in [1.82, 2.24) is 4.90 Å². The lowest BCUT2D eigenvalue weighted by atomic mass is 10.2. The quantitative estimate of drug-likeness (QED) is 0.588. The first-order valence-electron chi connectivity index (χ1n) is 5.55. The van der Waals surface area contributed by atoms with Gasteiger partial charge in [0.1, 0.15) is 6.61 Å². The summed E-state index contributed by atoms with van der Waals surface area (Å²) >= 11 is 1.42. The van der Waals surface area contributed by atoms with Crippen LogP contribution in [0, 0.1) is 5.92 Å². The zero-order valence-corrected chi connectivity index (χ0v) is 11.9. The number of hydrogen-bond acceptors (Lipinski definition) is 4. The van der Waals surface area contributed by atoms with Crippen molar-refractivity contribution in [3.63, 3.8) is 0 Å². The summed E-state index contributed by atoms with van der Waals surface area (Å²) in [5, 5.41) is 0. The molecule has 0 N–H and O–H groups in total. The number of rotatable bonds is 9. The monoisotopic (exact) mass is 252 g/mol. The Morgan fingerprint density at radius 2 is 1.93 bits per heavy atom. The molecule has 0 heterocycles. The van der Waals surface area contributed by atoms with E-state index < -0.39 is 7.23 Å². The zero-order valence-electron chi connectivity index (χ0n) is 10.2. The van der Waals surface area contributed by atoms with Crippen molar-refractivity contribution < 1.29 is 9.09 Å². The normalized spacial score (nSPS) is 12.5. The molecule has 0 aromatic heterocycles. The largest absolute Gasteiger partial charge is 0.585 e. The Bertz CT molecular complexity index is 175. The van der Waals surface area contributed by atoms with Crippen LogP contribution in [0.5, 0.6) is 0 Å². The van der Waals surface area contributed by atoms with E-state index in [9.17, 15) is 4.57 Å². The highest BCUT2D eigenvalue weighted by Gasteiger charge is 2.20. The lowest BCUT2D eigenvalue weighted by Gasteiger charge is -2.15. The third-order valence-corrected chi connectivity index (χ3v) is 4.44. The lowest BCUT2D eigenvalue weighted by molar-refractivity contribution is 0.290. The summed E-state index contributed by atoms with van der Waals surface area (Å²) in [6, 6.07) is 0. The van der Waals surface area contributed by atoms with Gasteiger partial charge in [0.15, 0.2) is 11.4 Å². The maximum atomic E-state index is 11.4. The van der Waals surface area contributed by atoms with Gasteiger partial charge in [0.2, 0.25) is 0 Å². The number of nitrogens with zero attached hydrogens (tertiary/aromatic N) is 1. The molecule has 0 spiro atoms. The van der Waals surface area contributed by atoms with Crippen LogP contribution in [0.3, 0.4) is 0 Å². The van der Waals surface area contributed by atoms with Gasteiger partial charge in [-0.2, -0.15) is 0 Å². The van der Waals surface area contributed by atoms with E-state index in [1.54, 1.807) is 0 Å². The summed E-state index contributed by atoms with van der Waals surface area (Å²) in [5.41, 5.74) is 0. The third kappa shape index (κ3) is 9.31. The molecular weight excluding hydrogens is 229 g/mol. The Kier molecular flexibility index (Phi) is 9.82. The molecule has 0 rings (SSSR count). The summed E-state index contributed by atoms with van der Waals surface area (Å²) in [6.45, 7) is 12.1. The second-order valence-corrected chi connectivity index (χ2v) is 6.81. The molecular formula is C10H23NO2PS+. The first kappa shape index (κ1) is 15.4. The first-order chi connectivity index (χ1) is 7.10. The average molecular weight is 252 g/mol. The van der Waals surface area contributed by atoms with Crippen molar-refractivity contribution in [1.29, 1.82) is 0 Å². The van der Waals surface area contributed by atoms with E-state index in [-0.39, 0.29) is 0 Å². The van der Waals surface area contributed by atoms with E-state index in [4.69, 9.17) is 4.52 Å². The minimum Gasteiger partial charge on any atom is -0.303 e. The molecule has 1 atom stereocenters. The summed E-state index contributed by atoms with van der Waals surface area (Å²) in [5.74, 6) is 1.34. The molecule has 0 saturated carbocycles. The van der Waals surface area contributed by atoms with Crippen molar-refractivity contribution in [2.45, 2.75) is 27.7 Å². The molecule has 0 aliphatic carbocycles. The van der Waals surface area contributed by atoms with Crippen LogP contribution in [0.1, 0.15) is 27.7 Å². The van der Waals surface area contributed by atoms with Crippen LogP contribution in [-0.2, 0) is 9.09 Å². The van der Waals surface area contributed by atoms with Gasteiger partial charge in [-0.15, -0.1) is 4.52 Å². The molecule has 0 radical (unpaired) electrons. The van der Waals surface area contributed by atoms with E-state index in [2.05, 4.69) is 32.6 Å². The Morgan fingerprint density at radius 3 is 2.40 bits per heavy atom. The summed E-state index contributed by atoms with van der Waals surface area (Å²) < 4.78 is 16.6. The lowest BCUT2D eigenvalue weighted by Crippen LogP contribution is -2.25. The van der Waals surface area contributed by atoms with E-state index in [0.717, 1.165) is 25.4 Å². The van der Waals surface area contributed by atoms with Gasteiger partial charge in [0.05, 0.1) is 5.75 Å². The molecule has 3 nitrogen and oxygen atoms in total. The average Bonchev–Trinajstić information content (AvgIpc) is 2.21. The van der Waals surface area contributed by atoms with E-state index in [0.29, 0.717) is 12.5 Å². The molecule has 1 unspecified atom stereocenters. The molecule has 15 heavy (non-hydrogen) atoms. The molecule has 0 bridgehead atoms. The maximum Gasteiger partial charge on any atom is 0.585 e. The minimum absolute atomic E-state index is 0.451. The van der Waals surface area contributed by atoms with Gasteiger partial charge in [-0.25, -0.2) is 0 Å². The summed E-state index contributed by atoms with van der Waals surface area (Å²) in [4.78, 5) is 2.32. The van der Waals surface area contributed by atoms with Crippen molar-refractivity contribution in [2.24, 2.45) is 5.92 Å². The molecule has 0 aromatic carbocycles. The molecule has 0 saturated heterocycles. The standard InChI is InChI=1S/C10H23NO2PS/c1-5-11(6-2)7-8-15-14(12)13-9-10(3)4/h10H,5-9H2,1-4H3/q+1. The van der Waals surface area contributed by atoms with Crippen LogP contribution < -0.4 is 0 Å². The second kappa shape index (κ2) is 9.59. The molecule has 0 aromatic rings. The Morgan fingerprint density at radius 1 is 1.33 bits per heavy atom. The van der Waals surface area contributed by atoms with E-state index >= 15 is 0 Å². The Balaban J connectivity index is 3.46. The van der Waals surface area contributed by atoms with Crippen LogP contribution in [0.15, 0.2) is 0 Å². The SMILES string of the molecule is CCN(CC)CCS[P+](=O)OCC(C)C. The highest BCUT2D eigenvalue weighted by atomic mass is 32.7. The highest BCUT2D eigenvalue weighted by molar-refractivity contribution is 8.50. The van der Waals surface area contributed by atoms with Crippen molar-refractivity contribution in [3.8, 4) is 0 Å². The molecule has 0 amide bonds. The van der Waals surface area contributed by atoms with Crippen LogP contribution >= 0.6 is 18.6 Å². The Labute approximate surface area is 98.6 Å². The van der Waals surface area contributed by atoms with Crippen molar-refractivity contribution >= 4 is 18.6 Å². The maximum absolute atomic E-state index is 11.4. The minimum atomic E-state index is -1.51. The van der Waals surface area contributed by atoms with Gasteiger partial charge in [-0.05, 0) is 23.6 Å². The van der Waals surface area contributed by atoms with Crippen LogP contribution in [0.2, 0.25) is 0 Å². The predicted molar refractivity (Wildman–Crippen MR) is 68.6 cm³/mol. The van der Waals surface area contributed by atoms with Crippen molar-refractivity contribution in [2.75, 3.05) is 32.0 Å². The van der Waals surface area contributed by atoms with Crippen molar-refractivity contribution in [3.05, 3.63) is 0 Å².